The maximum atomic E-state index is 14.9. The smallest absolute Gasteiger partial charge is 0.332 e. The quantitative estimate of drug-likeness (QED) is 0.0540. The Morgan fingerprint density at radius 1 is 0.652 bits per heavy atom. The maximum absolute atomic E-state index is 14.9. The van der Waals surface area contributed by atoms with Gasteiger partial charge in [0, 0.05) is 94.0 Å². The zero-order valence-electron chi connectivity index (χ0n) is 52.1. The molecule has 10 rings (SSSR count). The van der Waals surface area contributed by atoms with Gasteiger partial charge >= 0.3 is 11.9 Å². The number of piperidine rings is 2. The van der Waals surface area contributed by atoms with Crippen LogP contribution in [0, 0.1) is 22.7 Å². The number of benzene rings is 2. The zero-order valence-corrected chi connectivity index (χ0v) is 52.9. The monoisotopic (exact) mass is 1300 g/mol. The number of ether oxygens (including phenoxy) is 4. The number of piperazine rings is 2. The number of hydrogen-bond acceptors (Lipinski definition) is 23. The first-order chi connectivity index (χ1) is 43.4. The summed E-state index contributed by atoms with van der Waals surface area (Å²) < 4.78 is 80.7. The number of nitrogens with one attached hydrogen (secondary N) is 3. The number of methoxy groups -OCH3 is 2. The number of hydrogen-bond donors (Lipinski definition) is 6. The van der Waals surface area contributed by atoms with E-state index in [9.17, 15) is 42.8 Å². The van der Waals surface area contributed by atoms with Crippen LogP contribution < -0.4 is 44.7 Å². The van der Waals surface area contributed by atoms with Gasteiger partial charge in [-0.05, 0) is 109 Å². The number of likely N-dealkylation sites (tertiary alicyclic amines) is 1. The third kappa shape index (κ3) is 17.7. The highest BCUT2D eigenvalue weighted by Crippen LogP contribution is 2.37. The van der Waals surface area contributed by atoms with Crippen LogP contribution in [0.2, 0.25) is 0 Å². The van der Waals surface area contributed by atoms with Gasteiger partial charge in [-0.3, -0.25) is 4.79 Å². The van der Waals surface area contributed by atoms with E-state index in [1.165, 1.54) is 44.7 Å². The topological polar surface area (TPSA) is 309 Å². The van der Waals surface area contributed by atoms with Gasteiger partial charge in [-0.2, -0.15) is 20.5 Å². The van der Waals surface area contributed by atoms with Crippen LogP contribution >= 0.6 is 12.4 Å². The maximum Gasteiger partial charge on any atom is 0.332 e. The summed E-state index contributed by atoms with van der Waals surface area (Å²) in [7, 11) is 7.42. The predicted molar refractivity (Wildman–Crippen MR) is 337 cm³/mol. The summed E-state index contributed by atoms with van der Waals surface area (Å²) in [4.78, 5) is 58.1. The molecule has 30 heteroatoms. The van der Waals surface area contributed by atoms with E-state index in [4.69, 9.17) is 29.2 Å². The fraction of sp³-hybridized carbons (Fsp3) is 0.452. The average Bonchev–Trinajstić information content (AvgIpc) is 0.905. The number of likely N-dealkylation sites (N-methyl/N-ethyl adjacent to an activating group) is 2. The molecule has 1 amide bonds. The number of carbonyl (C=O) groups excluding carboxylic acids is 1. The molecule has 0 aliphatic carbocycles. The second kappa shape index (κ2) is 31.4. The lowest BCUT2D eigenvalue weighted by molar-refractivity contribution is -0.165. The van der Waals surface area contributed by atoms with Gasteiger partial charge in [0.15, 0.2) is 12.2 Å². The summed E-state index contributed by atoms with van der Waals surface area (Å²) in [6.45, 7) is 11.3. The van der Waals surface area contributed by atoms with Crippen molar-refractivity contribution in [3.8, 4) is 57.9 Å². The van der Waals surface area contributed by atoms with Crippen molar-refractivity contribution >= 4 is 58.9 Å². The van der Waals surface area contributed by atoms with Crippen LogP contribution in [0.1, 0.15) is 51.7 Å². The molecule has 0 bridgehead atoms. The molecule has 0 spiro atoms. The Labute approximate surface area is 536 Å². The van der Waals surface area contributed by atoms with Crippen LogP contribution in [0.15, 0.2) is 85.5 Å². The number of carbonyl (C=O) groups is 2. The molecular formula is C62H75ClF4N16O9. The molecule has 0 radical (unpaired) electrons. The van der Waals surface area contributed by atoms with Gasteiger partial charge in [-0.1, -0.05) is 0 Å². The number of aliphatic carboxylic acids is 1. The minimum atomic E-state index is -3.38. The number of carboxylic acid groups (broad SMARTS) is 1. The first-order valence-electron chi connectivity index (χ1n) is 29.4. The molecule has 4 aromatic heterocycles. The van der Waals surface area contributed by atoms with Crippen molar-refractivity contribution in [1.29, 1.82) is 10.5 Å². The van der Waals surface area contributed by atoms with Crippen LogP contribution in [0.25, 0.3) is 22.5 Å². The largest absolute Gasteiger partial charge is 0.483 e. The standard InChI is InChI=1S/C31H36F2N8O4.C28H32F2N8O2.C3H6O3.ClH/c1-19-16-40(12-11-39(19)3)24-6-8-27(38-29(24)44-4)37-28-14-23(35-18-36-28)21-5-7-25(22(13-21)15-34)45-26-9-10-41(17-31(26,32)33)30(43)20(2)42;1-18-15-38(11-10-37(18)2)22-5-7-25(36-27(22)39-3)35-26-13-21(33-17-34-26)19-4-6-23(20(12-19)14-31)40-24-8-9-32-16-28(24,29)30;1-2(4)3(5)6;/h5-8,13-14,18-20,26,42H,9-12,16-17H2,1-4H3,(H,35,36,37,38);4-7,12-13,17-18,24,32H,8-11,15-16H2,1-3H3,(H,33,34,35,36);2,4H,1H3,(H,5,6);1H/t19-,20-,26?;18-,24?;2-;/m111./s1. The minimum Gasteiger partial charge on any atom is -0.483 e. The Hall–Kier alpha value is -8.97. The summed E-state index contributed by atoms with van der Waals surface area (Å²) in [6, 6.07) is 25.4. The van der Waals surface area contributed by atoms with E-state index in [1.807, 2.05) is 30.3 Å². The first kappa shape index (κ1) is 70.5. The van der Waals surface area contributed by atoms with Crippen LogP contribution in [-0.4, -0.2) is 214 Å². The number of rotatable bonds is 16. The molecule has 6 aromatic rings. The molecular weight excluding hydrogens is 1220 g/mol. The molecule has 6 atom stereocenters. The fourth-order valence-electron chi connectivity index (χ4n) is 10.3. The van der Waals surface area contributed by atoms with Crippen molar-refractivity contribution in [2.24, 2.45) is 0 Å². The predicted octanol–water partition coefficient (Wildman–Crippen LogP) is 6.85. The van der Waals surface area contributed by atoms with Crippen LogP contribution in [0.3, 0.4) is 0 Å². The molecule has 492 valence electrons. The highest BCUT2D eigenvalue weighted by Gasteiger charge is 2.48. The number of alkyl halides is 4. The Morgan fingerprint density at radius 2 is 1.11 bits per heavy atom. The zero-order chi connectivity index (χ0) is 65.7. The number of aliphatic hydroxyl groups is 2. The molecule has 2 unspecified atom stereocenters. The highest BCUT2D eigenvalue weighted by atomic mass is 35.5. The molecule has 4 aliphatic rings. The Balaban J connectivity index is 0.000000238. The number of nitrogens with zero attached hydrogens (tertiary/aromatic N) is 13. The third-order valence-corrected chi connectivity index (χ3v) is 15.8. The summed E-state index contributed by atoms with van der Waals surface area (Å²) in [6.07, 6.45) is -2.68. The van der Waals surface area contributed by atoms with Gasteiger partial charge in [0.2, 0.25) is 11.8 Å². The van der Waals surface area contributed by atoms with E-state index in [0.29, 0.717) is 76.2 Å². The van der Waals surface area contributed by atoms with E-state index in [1.54, 1.807) is 44.6 Å². The second-order valence-corrected chi connectivity index (χ2v) is 22.4. The molecule has 4 fully saturated rings. The number of aromatic nitrogens is 6. The van der Waals surface area contributed by atoms with Gasteiger partial charge in [0.05, 0.1) is 49.8 Å². The van der Waals surface area contributed by atoms with E-state index in [-0.39, 0.29) is 54.4 Å². The lowest BCUT2D eigenvalue weighted by Gasteiger charge is -2.39. The number of anilines is 6. The van der Waals surface area contributed by atoms with Crippen molar-refractivity contribution < 1.29 is 61.4 Å². The van der Waals surface area contributed by atoms with E-state index in [2.05, 4.69) is 99.5 Å². The van der Waals surface area contributed by atoms with Crippen molar-refractivity contribution in [3.63, 3.8) is 0 Å². The van der Waals surface area contributed by atoms with Crippen molar-refractivity contribution in [2.75, 3.05) is 114 Å². The summed E-state index contributed by atoms with van der Waals surface area (Å²) >= 11 is 0. The van der Waals surface area contributed by atoms with Gasteiger partial charge < -0.3 is 74.7 Å². The van der Waals surface area contributed by atoms with Crippen LogP contribution in [-0.2, 0) is 9.59 Å². The number of carboxylic acids is 1. The number of nitriles is 2. The minimum absolute atomic E-state index is 0. The average molecular weight is 1300 g/mol. The first-order valence-corrected chi connectivity index (χ1v) is 29.4. The lowest BCUT2D eigenvalue weighted by atomic mass is 10.0. The summed E-state index contributed by atoms with van der Waals surface area (Å²) in [5, 5.41) is 53.8. The molecule has 25 nitrogen and oxygen atoms in total. The summed E-state index contributed by atoms with van der Waals surface area (Å²) in [5.41, 5.74) is 4.26. The number of halogens is 5. The van der Waals surface area contributed by atoms with E-state index < -0.39 is 61.2 Å². The van der Waals surface area contributed by atoms with Crippen molar-refractivity contribution in [1.82, 2.24) is 49.9 Å². The highest BCUT2D eigenvalue weighted by molar-refractivity contribution is 5.85. The molecule has 4 aliphatic heterocycles. The Bertz CT molecular complexity index is 3610. The molecule has 6 N–H and O–H groups in total. The Kier molecular flexibility index (Phi) is 24.0. The van der Waals surface area contributed by atoms with Crippen LogP contribution in [0.4, 0.5) is 52.2 Å². The van der Waals surface area contributed by atoms with Gasteiger partial charge in [-0.25, -0.2) is 42.3 Å². The second-order valence-electron chi connectivity index (χ2n) is 22.4. The van der Waals surface area contributed by atoms with Gasteiger partial charge in [0.25, 0.3) is 11.8 Å². The molecule has 8 heterocycles. The normalized spacial score (nSPS) is 20.1. The van der Waals surface area contributed by atoms with Crippen molar-refractivity contribution in [3.05, 3.63) is 96.6 Å². The molecule has 4 saturated heterocycles. The third-order valence-electron chi connectivity index (χ3n) is 15.8. The van der Waals surface area contributed by atoms with Gasteiger partial charge in [-0.15, -0.1) is 12.4 Å². The van der Waals surface area contributed by atoms with Gasteiger partial charge in [0.1, 0.15) is 83.1 Å². The number of pyridine rings is 2. The lowest BCUT2D eigenvalue weighted by Crippen LogP contribution is -2.56. The van der Waals surface area contributed by atoms with E-state index in [0.717, 1.165) is 55.5 Å². The number of aliphatic hydroxyl groups excluding tert-OH is 2. The van der Waals surface area contributed by atoms with Crippen molar-refractivity contribution in [2.45, 2.75) is 88.9 Å². The van der Waals surface area contributed by atoms with Crippen LogP contribution in [0.5, 0.6) is 23.3 Å². The summed E-state index contributed by atoms with van der Waals surface area (Å²) in [5.74, 6) is -5.19. The molecule has 0 saturated carbocycles. The molecule has 92 heavy (non-hydrogen) atoms. The molecule has 2 aromatic carbocycles. The Morgan fingerprint density at radius 3 is 1.50 bits per heavy atom. The van der Waals surface area contributed by atoms with E-state index >= 15 is 0 Å². The number of amides is 1. The fourth-order valence-corrected chi connectivity index (χ4v) is 10.3. The SMILES string of the molecule is COc1nc(Nc2cc(-c3ccc(OC4CCN(C(=O)[C@@H](C)O)CC4(F)F)c(C#N)c3)ncn2)ccc1N1CCN(C)[C@H](C)C1.COc1nc(Nc2cc(-c3ccc(OC4CCNCC4(F)F)c(C#N)c3)ncn2)ccc1N1CCN(C)[C@H](C)C1.C[C@@H](O)C(=O)O.Cl.